The molecule has 1 saturated heterocycles. The minimum atomic E-state index is -6.00. The number of carbonyl (C=O) groups excluding carboxylic acids is 2. The van der Waals surface area contributed by atoms with Crippen LogP contribution in [-0.4, -0.2) is 83.4 Å². The standard InChI is InChI=1S/C38H39N7O3.BF4/c1-28-10-15-33(24-35(28)43-38-40-18-16-34(42-38)32-9-6-17-39-25-32)41-37(47)31-13-11-30(12-14-31)26-44-19-21-45(2,22-20-44)27-48-36(46)23-29-7-4-3-5-8-29;2-1(3,4)5/h3-18,24-25H,19-23,26-27H2,1-2H3,(H-,40,41,42,43,47);/q;-1/p+1. The summed E-state index contributed by atoms with van der Waals surface area (Å²) in [5, 5.41) is 6.30. The number of pyridine rings is 1. The number of esters is 1. The van der Waals surface area contributed by atoms with Crippen molar-refractivity contribution in [1.82, 2.24) is 19.9 Å². The van der Waals surface area contributed by atoms with E-state index in [1.807, 2.05) is 97.9 Å². The summed E-state index contributed by atoms with van der Waals surface area (Å²) in [6.45, 7) is 6.77. The van der Waals surface area contributed by atoms with Crippen LogP contribution >= 0.6 is 0 Å². The highest BCUT2D eigenvalue weighted by Gasteiger charge is 2.30. The molecule has 5 aromatic rings. The number of hydrogen-bond acceptors (Lipinski definition) is 8. The lowest BCUT2D eigenvalue weighted by molar-refractivity contribution is -0.929. The van der Waals surface area contributed by atoms with Gasteiger partial charge < -0.3 is 32.6 Å². The van der Waals surface area contributed by atoms with Crippen molar-refractivity contribution in [3.05, 3.63) is 132 Å². The Kier molecular flexibility index (Phi) is 12.9. The van der Waals surface area contributed by atoms with Gasteiger partial charge in [-0.1, -0.05) is 48.5 Å². The van der Waals surface area contributed by atoms with E-state index in [0.29, 0.717) is 34.8 Å². The highest BCUT2D eigenvalue weighted by Crippen LogP contribution is 2.25. The maximum Gasteiger partial charge on any atom is 0.673 e. The molecule has 1 fully saturated rings. The average molecular weight is 730 g/mol. The molecule has 1 aliphatic rings. The molecule has 0 saturated carbocycles. The molecule has 1 amide bonds. The van der Waals surface area contributed by atoms with Crippen LogP contribution < -0.4 is 10.6 Å². The zero-order valence-corrected chi connectivity index (χ0v) is 29.4. The number of halogens is 4. The molecular weight excluding hydrogens is 689 g/mol. The number of carbonyl (C=O) groups is 2. The Hall–Kier alpha value is -5.67. The second-order valence-corrected chi connectivity index (χ2v) is 13.0. The summed E-state index contributed by atoms with van der Waals surface area (Å²) >= 11 is 0. The maximum atomic E-state index is 13.1. The first-order chi connectivity index (χ1) is 25.3. The van der Waals surface area contributed by atoms with Crippen LogP contribution in [0.25, 0.3) is 11.3 Å². The first kappa shape index (κ1) is 38.6. The number of nitrogens with zero attached hydrogens (tertiary/aromatic N) is 5. The molecule has 2 N–H and O–H groups in total. The van der Waals surface area contributed by atoms with Crippen LogP contribution in [0.1, 0.15) is 27.0 Å². The molecule has 0 bridgehead atoms. The van der Waals surface area contributed by atoms with Crippen LogP contribution in [0.5, 0.6) is 0 Å². The molecule has 3 aromatic carbocycles. The molecule has 0 aliphatic carbocycles. The fraction of sp³-hybridized carbons (Fsp3) is 0.237. The number of quaternary nitrogens is 1. The Morgan fingerprint density at radius 2 is 1.60 bits per heavy atom. The molecule has 2 aromatic heterocycles. The highest BCUT2D eigenvalue weighted by atomic mass is 19.5. The number of hydrogen-bond donors (Lipinski definition) is 2. The van der Waals surface area contributed by atoms with Crippen molar-refractivity contribution < 1.29 is 36.1 Å². The second-order valence-electron chi connectivity index (χ2n) is 13.0. The lowest BCUT2D eigenvalue weighted by Gasteiger charge is -2.41. The normalized spacial score (nSPS) is 14.0. The van der Waals surface area contributed by atoms with Crippen LogP contribution in [0.3, 0.4) is 0 Å². The minimum Gasteiger partial charge on any atom is -0.418 e. The van der Waals surface area contributed by atoms with E-state index in [2.05, 4.69) is 37.5 Å². The predicted molar refractivity (Wildman–Crippen MR) is 197 cm³/mol. The molecule has 0 spiro atoms. The zero-order valence-electron chi connectivity index (χ0n) is 29.4. The van der Waals surface area contributed by atoms with Crippen LogP contribution in [-0.2, 0) is 22.5 Å². The van der Waals surface area contributed by atoms with E-state index in [1.54, 1.807) is 18.6 Å². The van der Waals surface area contributed by atoms with Gasteiger partial charge in [-0.25, -0.2) is 9.97 Å². The van der Waals surface area contributed by atoms with Gasteiger partial charge in [0, 0.05) is 60.7 Å². The summed E-state index contributed by atoms with van der Waals surface area (Å²) in [5.74, 6) is 0.0845. The monoisotopic (exact) mass is 729 g/mol. The average Bonchev–Trinajstić information content (AvgIpc) is 3.14. The van der Waals surface area contributed by atoms with Gasteiger partial charge in [0.25, 0.3) is 5.91 Å². The number of nitrogens with one attached hydrogen (secondary N) is 2. The van der Waals surface area contributed by atoms with Crippen LogP contribution in [0, 0.1) is 6.92 Å². The van der Waals surface area contributed by atoms with E-state index in [-0.39, 0.29) is 11.9 Å². The zero-order chi connectivity index (χ0) is 37.8. The molecule has 1 aliphatic heterocycles. The smallest absolute Gasteiger partial charge is 0.418 e. The number of ether oxygens (including phenoxy) is 1. The molecular formula is C38H40BF4N7O3. The number of likely N-dealkylation sites (N-methyl/N-ethyl adjacent to an activating group) is 1. The Morgan fingerprint density at radius 3 is 2.28 bits per heavy atom. The molecule has 53 heavy (non-hydrogen) atoms. The van der Waals surface area contributed by atoms with Crippen LogP contribution in [0.2, 0.25) is 0 Å². The lowest BCUT2D eigenvalue weighted by Crippen LogP contribution is -2.58. The number of anilines is 3. The summed E-state index contributed by atoms with van der Waals surface area (Å²) in [6.07, 6.45) is 5.49. The summed E-state index contributed by atoms with van der Waals surface area (Å²) in [5.41, 5.74) is 6.82. The third-order valence-electron chi connectivity index (χ3n) is 8.62. The van der Waals surface area contributed by atoms with E-state index >= 15 is 0 Å². The van der Waals surface area contributed by atoms with Gasteiger partial charge >= 0.3 is 13.2 Å². The van der Waals surface area contributed by atoms with E-state index in [1.165, 1.54) is 0 Å². The van der Waals surface area contributed by atoms with Crippen molar-refractivity contribution in [3.63, 3.8) is 0 Å². The van der Waals surface area contributed by atoms with Crippen molar-refractivity contribution in [2.45, 2.75) is 19.9 Å². The second kappa shape index (κ2) is 17.7. The molecule has 6 rings (SSSR count). The number of aryl methyl sites for hydroxylation is 1. The summed E-state index contributed by atoms with van der Waals surface area (Å²) in [6, 6.07) is 28.8. The number of aromatic nitrogens is 3. The number of rotatable bonds is 11. The summed E-state index contributed by atoms with van der Waals surface area (Å²) in [7, 11) is -3.86. The Balaban J connectivity index is 0.00000101. The Labute approximate surface area is 305 Å². The lowest BCUT2D eigenvalue weighted by atomic mass is 10.1. The quantitative estimate of drug-likeness (QED) is 0.0639. The number of benzene rings is 3. The highest BCUT2D eigenvalue weighted by molar-refractivity contribution is 6.50. The van der Waals surface area contributed by atoms with Crippen molar-refractivity contribution in [2.24, 2.45) is 0 Å². The van der Waals surface area contributed by atoms with E-state index in [4.69, 9.17) is 4.74 Å². The SMILES string of the molecule is Cc1ccc(NC(=O)c2ccc(CN3CC[N+](C)(COC(=O)Cc4ccccc4)CC3)cc2)cc1Nc1nccc(-c2cccnc2)n1.F[B-](F)(F)F. The molecule has 15 heteroatoms. The largest absolute Gasteiger partial charge is 0.673 e. The van der Waals surface area contributed by atoms with Gasteiger partial charge in [-0.15, -0.1) is 0 Å². The molecule has 0 atom stereocenters. The van der Waals surface area contributed by atoms with Gasteiger partial charge in [0.05, 0.1) is 32.3 Å². The third-order valence-corrected chi connectivity index (χ3v) is 8.62. The van der Waals surface area contributed by atoms with Gasteiger partial charge in [0.2, 0.25) is 12.7 Å². The van der Waals surface area contributed by atoms with Gasteiger partial charge in [-0.2, -0.15) is 0 Å². The van der Waals surface area contributed by atoms with Crippen molar-refractivity contribution in [1.29, 1.82) is 0 Å². The molecule has 276 valence electrons. The van der Waals surface area contributed by atoms with E-state index < -0.39 is 7.25 Å². The van der Waals surface area contributed by atoms with Gasteiger partial charge in [0.1, 0.15) is 0 Å². The third kappa shape index (κ3) is 12.5. The first-order valence-electron chi connectivity index (χ1n) is 17.0. The summed E-state index contributed by atoms with van der Waals surface area (Å²) in [4.78, 5) is 41.1. The number of amides is 1. The van der Waals surface area contributed by atoms with E-state index in [9.17, 15) is 26.9 Å². The fourth-order valence-corrected chi connectivity index (χ4v) is 5.59. The number of piperazine rings is 1. The van der Waals surface area contributed by atoms with E-state index in [0.717, 1.165) is 66.4 Å². The molecule has 10 nitrogen and oxygen atoms in total. The molecule has 0 radical (unpaired) electrons. The van der Waals surface area contributed by atoms with Crippen molar-refractivity contribution in [3.8, 4) is 11.3 Å². The Morgan fingerprint density at radius 1 is 0.887 bits per heavy atom. The fourth-order valence-electron chi connectivity index (χ4n) is 5.59. The van der Waals surface area contributed by atoms with Gasteiger partial charge in [-0.3, -0.25) is 24.0 Å². The van der Waals surface area contributed by atoms with Gasteiger partial charge in [-0.05, 0) is 66.1 Å². The van der Waals surface area contributed by atoms with Crippen LogP contribution in [0.15, 0.2) is 110 Å². The Bertz CT molecular complexity index is 1960. The van der Waals surface area contributed by atoms with Crippen molar-refractivity contribution in [2.75, 3.05) is 50.6 Å². The first-order valence-corrected chi connectivity index (χ1v) is 17.0. The van der Waals surface area contributed by atoms with Crippen LogP contribution in [0.4, 0.5) is 34.6 Å². The topological polar surface area (TPSA) is 109 Å². The maximum absolute atomic E-state index is 13.1. The predicted octanol–water partition coefficient (Wildman–Crippen LogP) is 7.15. The molecule has 3 heterocycles. The minimum absolute atomic E-state index is 0.181. The molecule has 0 unspecified atom stereocenters. The van der Waals surface area contributed by atoms with Gasteiger partial charge in [0.15, 0.2) is 0 Å². The summed E-state index contributed by atoms with van der Waals surface area (Å²) < 4.78 is 45.4. The van der Waals surface area contributed by atoms with Crippen molar-refractivity contribution >= 4 is 36.5 Å².